The van der Waals surface area contributed by atoms with Gasteiger partial charge in [0, 0.05) is 12.2 Å². The number of hydrogen-bond donors (Lipinski definition) is 1. The van der Waals surface area contributed by atoms with Gasteiger partial charge in [-0.05, 0) is 30.0 Å². The molecular weight excluding hydrogens is 288 g/mol. The number of benzene rings is 1. The van der Waals surface area contributed by atoms with Gasteiger partial charge in [-0.25, -0.2) is 0 Å². The molecular formula is C16H25ClN2O2. The minimum Gasteiger partial charge on any atom is -0.399 e. The molecule has 1 aromatic carbocycles. The van der Waals surface area contributed by atoms with Gasteiger partial charge in [0.2, 0.25) is 5.91 Å². The molecule has 0 spiro atoms. The van der Waals surface area contributed by atoms with Gasteiger partial charge in [0.05, 0.1) is 25.7 Å². The molecule has 1 aromatic rings. The van der Waals surface area contributed by atoms with Crippen LogP contribution in [0.2, 0.25) is 0 Å². The summed E-state index contributed by atoms with van der Waals surface area (Å²) >= 11 is 0. The highest BCUT2D eigenvalue weighted by atomic mass is 35.5. The lowest BCUT2D eigenvalue weighted by atomic mass is 10.0. The van der Waals surface area contributed by atoms with Gasteiger partial charge in [-0.1, -0.05) is 26.0 Å². The van der Waals surface area contributed by atoms with Crippen molar-refractivity contribution >= 4 is 24.0 Å². The number of amides is 1. The van der Waals surface area contributed by atoms with Crippen molar-refractivity contribution in [1.82, 2.24) is 4.90 Å². The fraction of sp³-hybridized carbons (Fsp3) is 0.562. The Morgan fingerprint density at radius 2 is 2.05 bits per heavy atom. The largest absolute Gasteiger partial charge is 0.399 e. The lowest BCUT2D eigenvalue weighted by Gasteiger charge is -2.36. The molecule has 21 heavy (non-hydrogen) atoms. The molecule has 118 valence electrons. The van der Waals surface area contributed by atoms with Crippen molar-refractivity contribution in [2.45, 2.75) is 32.7 Å². The summed E-state index contributed by atoms with van der Waals surface area (Å²) in [5.74, 6) is 0.747. The molecule has 4 nitrogen and oxygen atoms in total. The normalized spacial score (nSPS) is 18.4. The van der Waals surface area contributed by atoms with Crippen LogP contribution in [0.15, 0.2) is 24.3 Å². The second-order valence-electron chi connectivity index (χ2n) is 5.86. The van der Waals surface area contributed by atoms with E-state index in [2.05, 4.69) is 13.8 Å². The third-order valence-electron chi connectivity index (χ3n) is 3.63. The first-order chi connectivity index (χ1) is 9.56. The SMILES string of the molecule is CC(C)CC1COCCN1C(=O)Cc1ccc(N)cc1.Cl. The van der Waals surface area contributed by atoms with E-state index in [-0.39, 0.29) is 24.4 Å². The molecule has 2 rings (SSSR count). The van der Waals surface area contributed by atoms with Gasteiger partial charge < -0.3 is 15.4 Å². The van der Waals surface area contributed by atoms with Crippen molar-refractivity contribution in [3.05, 3.63) is 29.8 Å². The number of nitrogen functional groups attached to an aromatic ring is 1. The minimum atomic E-state index is 0. The van der Waals surface area contributed by atoms with Crippen LogP contribution in [-0.4, -0.2) is 36.6 Å². The first-order valence-electron chi connectivity index (χ1n) is 7.28. The number of morpholine rings is 1. The summed E-state index contributed by atoms with van der Waals surface area (Å²) in [7, 11) is 0. The standard InChI is InChI=1S/C16H24N2O2.ClH/c1-12(2)9-15-11-20-8-7-18(15)16(19)10-13-3-5-14(17)6-4-13;/h3-6,12,15H,7-11,17H2,1-2H3;1H. The summed E-state index contributed by atoms with van der Waals surface area (Å²) in [4.78, 5) is 14.5. The van der Waals surface area contributed by atoms with Crippen LogP contribution in [0, 0.1) is 5.92 Å². The van der Waals surface area contributed by atoms with E-state index in [0.29, 0.717) is 32.1 Å². The Morgan fingerprint density at radius 3 is 2.67 bits per heavy atom. The molecule has 0 bridgehead atoms. The highest BCUT2D eigenvalue weighted by Crippen LogP contribution is 2.17. The Balaban J connectivity index is 0.00000220. The second-order valence-corrected chi connectivity index (χ2v) is 5.86. The predicted octanol–water partition coefficient (Wildman–Crippen LogP) is 2.51. The fourth-order valence-corrected chi connectivity index (χ4v) is 2.63. The van der Waals surface area contributed by atoms with Crippen molar-refractivity contribution in [2.24, 2.45) is 5.92 Å². The number of hydrogen-bond acceptors (Lipinski definition) is 3. The molecule has 1 aliphatic heterocycles. The predicted molar refractivity (Wildman–Crippen MR) is 87.6 cm³/mol. The number of carbonyl (C=O) groups excluding carboxylic acids is 1. The van der Waals surface area contributed by atoms with Gasteiger partial charge in [-0.3, -0.25) is 4.79 Å². The van der Waals surface area contributed by atoms with Gasteiger partial charge in [-0.2, -0.15) is 0 Å². The van der Waals surface area contributed by atoms with Crippen LogP contribution in [-0.2, 0) is 16.0 Å². The van der Waals surface area contributed by atoms with Gasteiger partial charge in [0.1, 0.15) is 0 Å². The molecule has 1 unspecified atom stereocenters. The Morgan fingerprint density at radius 1 is 1.38 bits per heavy atom. The second kappa shape index (κ2) is 8.25. The topological polar surface area (TPSA) is 55.6 Å². The van der Waals surface area contributed by atoms with Crippen molar-refractivity contribution in [2.75, 3.05) is 25.5 Å². The average Bonchev–Trinajstić information content (AvgIpc) is 2.41. The van der Waals surface area contributed by atoms with Crippen molar-refractivity contribution in [3.63, 3.8) is 0 Å². The first kappa shape index (κ1) is 17.8. The van der Waals surface area contributed by atoms with Gasteiger partial charge in [0.25, 0.3) is 0 Å². The number of rotatable bonds is 4. The van der Waals surface area contributed by atoms with E-state index < -0.39 is 0 Å². The van der Waals surface area contributed by atoms with Crippen LogP contribution < -0.4 is 5.73 Å². The Kier molecular flexibility index (Phi) is 6.99. The third-order valence-corrected chi connectivity index (χ3v) is 3.63. The Bertz CT molecular complexity index is 448. The van der Waals surface area contributed by atoms with Crippen LogP contribution >= 0.6 is 12.4 Å². The molecule has 1 saturated heterocycles. The highest BCUT2D eigenvalue weighted by Gasteiger charge is 2.27. The van der Waals surface area contributed by atoms with Gasteiger partial charge in [0.15, 0.2) is 0 Å². The maximum atomic E-state index is 12.5. The van der Waals surface area contributed by atoms with E-state index in [1.807, 2.05) is 29.2 Å². The van der Waals surface area contributed by atoms with E-state index >= 15 is 0 Å². The number of nitrogens with two attached hydrogens (primary N) is 1. The van der Waals surface area contributed by atoms with Crippen LogP contribution in [0.4, 0.5) is 5.69 Å². The van der Waals surface area contributed by atoms with E-state index in [9.17, 15) is 4.79 Å². The van der Waals surface area contributed by atoms with Crippen molar-refractivity contribution in [1.29, 1.82) is 0 Å². The number of anilines is 1. The number of carbonyl (C=O) groups is 1. The zero-order valence-corrected chi connectivity index (χ0v) is 13.6. The lowest BCUT2D eigenvalue weighted by molar-refractivity contribution is -0.139. The molecule has 1 atom stereocenters. The Labute approximate surface area is 133 Å². The van der Waals surface area contributed by atoms with E-state index in [0.717, 1.165) is 17.7 Å². The average molecular weight is 313 g/mol. The zero-order valence-electron chi connectivity index (χ0n) is 12.7. The molecule has 2 N–H and O–H groups in total. The third kappa shape index (κ3) is 5.21. The lowest BCUT2D eigenvalue weighted by Crippen LogP contribution is -2.49. The quantitative estimate of drug-likeness (QED) is 0.869. The van der Waals surface area contributed by atoms with Gasteiger partial charge >= 0.3 is 0 Å². The maximum absolute atomic E-state index is 12.5. The summed E-state index contributed by atoms with van der Waals surface area (Å²) in [6, 6.07) is 7.74. The summed E-state index contributed by atoms with van der Waals surface area (Å²) in [5, 5.41) is 0. The molecule has 1 aliphatic rings. The summed E-state index contributed by atoms with van der Waals surface area (Å²) < 4.78 is 5.52. The van der Waals surface area contributed by atoms with E-state index in [1.54, 1.807) is 0 Å². The zero-order chi connectivity index (χ0) is 14.5. The number of nitrogens with zero attached hydrogens (tertiary/aromatic N) is 1. The minimum absolute atomic E-state index is 0. The van der Waals surface area contributed by atoms with E-state index in [1.165, 1.54) is 0 Å². The molecule has 0 aliphatic carbocycles. The smallest absolute Gasteiger partial charge is 0.227 e. The molecule has 0 aromatic heterocycles. The van der Waals surface area contributed by atoms with Crippen LogP contribution in [0.25, 0.3) is 0 Å². The van der Waals surface area contributed by atoms with Crippen molar-refractivity contribution in [3.8, 4) is 0 Å². The number of halogens is 1. The molecule has 1 amide bonds. The van der Waals surface area contributed by atoms with Crippen LogP contribution in [0.5, 0.6) is 0 Å². The summed E-state index contributed by atoms with van der Waals surface area (Å²) in [6.07, 6.45) is 1.43. The van der Waals surface area contributed by atoms with Crippen molar-refractivity contribution < 1.29 is 9.53 Å². The molecule has 0 saturated carbocycles. The molecule has 1 heterocycles. The van der Waals surface area contributed by atoms with E-state index in [4.69, 9.17) is 10.5 Å². The Hall–Kier alpha value is -1.26. The molecule has 5 heteroatoms. The molecule has 1 fully saturated rings. The monoisotopic (exact) mass is 312 g/mol. The fourth-order valence-electron chi connectivity index (χ4n) is 2.63. The van der Waals surface area contributed by atoms with Crippen LogP contribution in [0.1, 0.15) is 25.8 Å². The summed E-state index contributed by atoms with van der Waals surface area (Å²) in [6.45, 7) is 6.35. The summed E-state index contributed by atoms with van der Waals surface area (Å²) in [5.41, 5.74) is 7.41. The highest BCUT2D eigenvalue weighted by molar-refractivity contribution is 5.85. The van der Waals surface area contributed by atoms with Gasteiger partial charge in [-0.15, -0.1) is 12.4 Å². The molecule has 0 radical (unpaired) electrons. The van der Waals surface area contributed by atoms with Crippen LogP contribution in [0.3, 0.4) is 0 Å². The maximum Gasteiger partial charge on any atom is 0.227 e. The number of ether oxygens (including phenoxy) is 1. The first-order valence-corrected chi connectivity index (χ1v) is 7.28.